The second kappa shape index (κ2) is 6.09. The van der Waals surface area contributed by atoms with Crippen molar-refractivity contribution in [3.63, 3.8) is 0 Å². The second-order valence-electron chi connectivity index (χ2n) is 6.92. The van der Waals surface area contributed by atoms with E-state index < -0.39 is 6.09 Å². The smallest absolute Gasteiger partial charge is 0.407 e. The SMILES string of the molecule is O=C(O)N1CC[C@H](n2cnc3c(-c4ccc5ccccc5c4)ccnc32)C1. The molecule has 4 aromatic rings. The Hall–Kier alpha value is -3.41. The molecule has 1 amide bonds. The maximum Gasteiger partial charge on any atom is 0.407 e. The summed E-state index contributed by atoms with van der Waals surface area (Å²) in [6.07, 6.45) is 3.50. The molecule has 6 heteroatoms. The fourth-order valence-electron chi connectivity index (χ4n) is 3.93. The molecule has 0 aliphatic carbocycles. The zero-order valence-electron chi connectivity index (χ0n) is 14.6. The highest BCUT2D eigenvalue weighted by molar-refractivity contribution is 5.94. The van der Waals surface area contributed by atoms with Crippen LogP contribution in [0.3, 0.4) is 0 Å². The molecule has 2 aromatic carbocycles. The molecule has 6 nitrogen and oxygen atoms in total. The van der Waals surface area contributed by atoms with E-state index in [9.17, 15) is 9.90 Å². The van der Waals surface area contributed by atoms with Gasteiger partial charge in [-0.1, -0.05) is 36.4 Å². The number of carboxylic acid groups (broad SMARTS) is 1. The van der Waals surface area contributed by atoms with Gasteiger partial charge in [0.25, 0.3) is 0 Å². The first kappa shape index (κ1) is 15.8. The van der Waals surface area contributed by atoms with Crippen LogP contribution in [0.1, 0.15) is 12.5 Å². The molecule has 0 spiro atoms. The molecule has 1 atom stereocenters. The summed E-state index contributed by atoms with van der Waals surface area (Å²) in [5.41, 5.74) is 3.79. The summed E-state index contributed by atoms with van der Waals surface area (Å²) in [7, 11) is 0. The first-order valence-electron chi connectivity index (χ1n) is 8.99. The average Bonchev–Trinajstić information content (AvgIpc) is 3.34. The van der Waals surface area contributed by atoms with Crippen LogP contribution in [-0.2, 0) is 0 Å². The molecule has 5 rings (SSSR count). The predicted octanol–water partition coefficient (Wildman–Crippen LogP) is 4.18. The van der Waals surface area contributed by atoms with Crippen LogP contribution >= 0.6 is 0 Å². The Morgan fingerprint density at radius 2 is 1.93 bits per heavy atom. The van der Waals surface area contributed by atoms with E-state index in [1.54, 1.807) is 12.5 Å². The van der Waals surface area contributed by atoms with E-state index in [0.29, 0.717) is 13.1 Å². The summed E-state index contributed by atoms with van der Waals surface area (Å²) in [5.74, 6) is 0. The molecule has 27 heavy (non-hydrogen) atoms. The van der Waals surface area contributed by atoms with Gasteiger partial charge in [-0.05, 0) is 34.9 Å². The number of benzene rings is 2. The number of nitrogens with zero attached hydrogens (tertiary/aromatic N) is 4. The topological polar surface area (TPSA) is 71.2 Å². The summed E-state index contributed by atoms with van der Waals surface area (Å²) in [5, 5.41) is 11.6. The zero-order valence-corrected chi connectivity index (χ0v) is 14.6. The van der Waals surface area contributed by atoms with E-state index in [2.05, 4.69) is 40.3 Å². The van der Waals surface area contributed by atoms with Crippen molar-refractivity contribution in [3.05, 3.63) is 61.1 Å². The van der Waals surface area contributed by atoms with Crippen LogP contribution in [0.15, 0.2) is 61.1 Å². The van der Waals surface area contributed by atoms with Crippen LogP contribution in [0.25, 0.3) is 33.1 Å². The lowest BCUT2D eigenvalue weighted by atomic mass is 10.0. The van der Waals surface area contributed by atoms with Gasteiger partial charge in [0.05, 0.1) is 12.4 Å². The summed E-state index contributed by atoms with van der Waals surface area (Å²) in [4.78, 5) is 21.8. The van der Waals surface area contributed by atoms with Gasteiger partial charge in [0, 0.05) is 24.8 Å². The molecule has 0 saturated carbocycles. The zero-order chi connectivity index (χ0) is 18.4. The second-order valence-corrected chi connectivity index (χ2v) is 6.92. The van der Waals surface area contributed by atoms with E-state index in [1.165, 1.54) is 15.7 Å². The Morgan fingerprint density at radius 1 is 1.07 bits per heavy atom. The summed E-state index contributed by atoms with van der Waals surface area (Å²) in [6, 6.07) is 16.7. The molecule has 1 N–H and O–H groups in total. The van der Waals surface area contributed by atoms with Gasteiger partial charge >= 0.3 is 6.09 Å². The number of amides is 1. The Labute approximate surface area is 155 Å². The minimum absolute atomic E-state index is 0.0745. The van der Waals surface area contributed by atoms with Gasteiger partial charge in [-0.3, -0.25) is 0 Å². The number of likely N-dealkylation sites (tertiary alicyclic amines) is 1. The average molecular weight is 358 g/mol. The van der Waals surface area contributed by atoms with Gasteiger partial charge in [0.15, 0.2) is 5.65 Å². The summed E-state index contributed by atoms with van der Waals surface area (Å²) >= 11 is 0. The van der Waals surface area contributed by atoms with Gasteiger partial charge in [-0.2, -0.15) is 0 Å². The van der Waals surface area contributed by atoms with Gasteiger partial charge in [0.2, 0.25) is 0 Å². The van der Waals surface area contributed by atoms with Crippen molar-refractivity contribution < 1.29 is 9.90 Å². The number of hydrogen-bond donors (Lipinski definition) is 1. The van der Waals surface area contributed by atoms with Gasteiger partial charge in [-0.25, -0.2) is 14.8 Å². The first-order chi connectivity index (χ1) is 13.2. The lowest BCUT2D eigenvalue weighted by Gasteiger charge is -2.14. The Bertz CT molecular complexity index is 1170. The lowest BCUT2D eigenvalue weighted by Crippen LogP contribution is -2.27. The minimum Gasteiger partial charge on any atom is -0.465 e. The van der Waals surface area contributed by atoms with E-state index in [1.807, 2.05) is 22.8 Å². The quantitative estimate of drug-likeness (QED) is 0.584. The molecule has 1 aliphatic rings. The minimum atomic E-state index is -0.869. The molecule has 134 valence electrons. The van der Waals surface area contributed by atoms with Gasteiger partial charge < -0.3 is 14.6 Å². The van der Waals surface area contributed by atoms with Gasteiger partial charge in [0.1, 0.15) is 5.52 Å². The van der Waals surface area contributed by atoms with Crippen molar-refractivity contribution in [2.24, 2.45) is 0 Å². The van der Waals surface area contributed by atoms with Crippen molar-refractivity contribution in [2.75, 3.05) is 13.1 Å². The van der Waals surface area contributed by atoms with Crippen molar-refractivity contribution in [2.45, 2.75) is 12.5 Å². The third-order valence-electron chi connectivity index (χ3n) is 5.35. The van der Waals surface area contributed by atoms with Crippen LogP contribution < -0.4 is 0 Å². The Balaban J connectivity index is 1.58. The number of carbonyl (C=O) groups is 1. The number of rotatable bonds is 2. The standard InChI is InChI=1S/C21H18N4O2/c26-21(27)24-10-8-17(12-24)25-13-23-19-18(7-9-22-20(19)25)16-6-5-14-3-1-2-4-15(14)11-16/h1-7,9,11,13,17H,8,10,12H2,(H,26,27)/t17-/m0/s1. The first-order valence-corrected chi connectivity index (χ1v) is 8.99. The fraction of sp³-hybridized carbons (Fsp3) is 0.190. The monoisotopic (exact) mass is 358 g/mol. The van der Waals surface area contributed by atoms with Gasteiger partial charge in [-0.15, -0.1) is 0 Å². The number of hydrogen-bond acceptors (Lipinski definition) is 3. The fourth-order valence-corrected chi connectivity index (χ4v) is 3.93. The van der Waals surface area contributed by atoms with Crippen molar-refractivity contribution in [1.82, 2.24) is 19.4 Å². The van der Waals surface area contributed by atoms with E-state index in [0.717, 1.165) is 28.7 Å². The highest BCUT2D eigenvalue weighted by atomic mass is 16.4. The van der Waals surface area contributed by atoms with Crippen molar-refractivity contribution >= 4 is 28.0 Å². The number of imidazole rings is 1. The number of aromatic nitrogens is 3. The predicted molar refractivity (Wildman–Crippen MR) is 104 cm³/mol. The highest BCUT2D eigenvalue weighted by Crippen LogP contribution is 2.31. The van der Waals surface area contributed by atoms with Crippen LogP contribution in [0, 0.1) is 0 Å². The van der Waals surface area contributed by atoms with E-state index >= 15 is 0 Å². The third kappa shape index (κ3) is 2.61. The number of pyridine rings is 1. The molecule has 0 unspecified atom stereocenters. The highest BCUT2D eigenvalue weighted by Gasteiger charge is 2.28. The van der Waals surface area contributed by atoms with Crippen LogP contribution in [-0.4, -0.2) is 43.7 Å². The maximum atomic E-state index is 11.2. The van der Waals surface area contributed by atoms with Crippen LogP contribution in [0.2, 0.25) is 0 Å². The normalized spacial score (nSPS) is 17.0. The maximum absolute atomic E-state index is 11.2. The molecule has 0 bridgehead atoms. The van der Waals surface area contributed by atoms with Crippen LogP contribution in [0.4, 0.5) is 4.79 Å². The molecule has 0 radical (unpaired) electrons. The summed E-state index contributed by atoms with van der Waals surface area (Å²) < 4.78 is 2.02. The molecular weight excluding hydrogens is 340 g/mol. The van der Waals surface area contributed by atoms with E-state index in [-0.39, 0.29) is 6.04 Å². The Kier molecular flexibility index (Phi) is 3.57. The molecule has 3 heterocycles. The number of fused-ring (bicyclic) bond motifs is 2. The van der Waals surface area contributed by atoms with E-state index in [4.69, 9.17) is 0 Å². The lowest BCUT2D eigenvalue weighted by molar-refractivity contribution is 0.154. The molecule has 1 fully saturated rings. The summed E-state index contributed by atoms with van der Waals surface area (Å²) in [6.45, 7) is 1.02. The van der Waals surface area contributed by atoms with Crippen molar-refractivity contribution in [3.8, 4) is 11.1 Å². The third-order valence-corrected chi connectivity index (χ3v) is 5.35. The Morgan fingerprint density at radius 3 is 2.74 bits per heavy atom. The molecule has 1 aliphatic heterocycles. The largest absolute Gasteiger partial charge is 0.465 e. The molecule has 1 saturated heterocycles. The van der Waals surface area contributed by atoms with Crippen molar-refractivity contribution in [1.29, 1.82) is 0 Å². The molecular formula is C21H18N4O2. The molecule has 2 aromatic heterocycles. The van der Waals surface area contributed by atoms with Crippen LogP contribution in [0.5, 0.6) is 0 Å².